The van der Waals surface area contributed by atoms with Crippen molar-refractivity contribution >= 4 is 31.9 Å². The number of anilines is 1. The lowest BCUT2D eigenvalue weighted by molar-refractivity contribution is 0.394. The van der Waals surface area contributed by atoms with E-state index in [1.807, 2.05) is 0 Å². The summed E-state index contributed by atoms with van der Waals surface area (Å²) in [7, 11) is -2.27. The van der Waals surface area contributed by atoms with Crippen LogP contribution in [0.4, 0.5) is 5.95 Å². The van der Waals surface area contributed by atoms with Crippen LogP contribution < -0.4 is 9.46 Å². The zero-order valence-electron chi connectivity index (χ0n) is 10.8. The molecule has 0 bridgehead atoms. The predicted octanol–water partition coefficient (Wildman–Crippen LogP) is 2.36. The van der Waals surface area contributed by atoms with Gasteiger partial charge in [0.1, 0.15) is 4.47 Å². The van der Waals surface area contributed by atoms with Crippen molar-refractivity contribution in [2.75, 3.05) is 11.8 Å². The molecule has 1 aromatic heterocycles. The molecule has 0 saturated heterocycles. The summed E-state index contributed by atoms with van der Waals surface area (Å²) in [5.74, 6) is 0.231. The minimum Gasteiger partial charge on any atom is -0.480 e. The summed E-state index contributed by atoms with van der Waals surface area (Å²) in [6.45, 7) is 1.72. The van der Waals surface area contributed by atoms with Crippen molar-refractivity contribution in [3.8, 4) is 5.88 Å². The number of nitrogens with zero attached hydrogens (tertiary/aromatic N) is 2. The SMILES string of the molecule is COc1nc(NS(=O)(=O)c2ccccc2)nc(C)c1Br. The topological polar surface area (TPSA) is 81.2 Å². The molecule has 8 heteroatoms. The second-order valence-electron chi connectivity index (χ2n) is 3.87. The molecule has 0 spiro atoms. The number of sulfonamides is 1. The summed E-state index contributed by atoms with van der Waals surface area (Å²) in [6, 6.07) is 8.00. The van der Waals surface area contributed by atoms with Crippen LogP contribution in [0.15, 0.2) is 39.7 Å². The summed E-state index contributed by atoms with van der Waals surface area (Å²) >= 11 is 3.27. The zero-order valence-corrected chi connectivity index (χ0v) is 13.2. The minimum atomic E-state index is -3.71. The van der Waals surface area contributed by atoms with E-state index in [0.717, 1.165) is 0 Å². The number of ether oxygens (including phenoxy) is 1. The van der Waals surface area contributed by atoms with Gasteiger partial charge < -0.3 is 4.74 Å². The quantitative estimate of drug-likeness (QED) is 0.908. The smallest absolute Gasteiger partial charge is 0.264 e. The van der Waals surface area contributed by atoms with Gasteiger partial charge in [0.15, 0.2) is 0 Å². The maximum atomic E-state index is 12.2. The Kier molecular flexibility index (Phi) is 4.24. The lowest BCUT2D eigenvalue weighted by Crippen LogP contribution is -2.15. The van der Waals surface area contributed by atoms with Gasteiger partial charge >= 0.3 is 0 Å². The van der Waals surface area contributed by atoms with E-state index in [4.69, 9.17) is 4.74 Å². The Labute approximate surface area is 125 Å². The number of hydrogen-bond donors (Lipinski definition) is 1. The number of rotatable bonds is 4. The highest BCUT2D eigenvalue weighted by Gasteiger charge is 2.17. The first-order valence-electron chi connectivity index (χ1n) is 5.60. The highest BCUT2D eigenvalue weighted by molar-refractivity contribution is 9.10. The fourth-order valence-electron chi connectivity index (χ4n) is 1.49. The van der Waals surface area contributed by atoms with Crippen molar-refractivity contribution in [3.05, 3.63) is 40.5 Å². The first-order valence-corrected chi connectivity index (χ1v) is 7.87. The second-order valence-corrected chi connectivity index (χ2v) is 6.35. The summed E-state index contributed by atoms with van der Waals surface area (Å²) < 4.78 is 32.3. The zero-order chi connectivity index (χ0) is 14.8. The average molecular weight is 358 g/mol. The van der Waals surface area contributed by atoms with E-state index in [2.05, 4.69) is 30.6 Å². The predicted molar refractivity (Wildman–Crippen MR) is 78.3 cm³/mol. The third kappa shape index (κ3) is 3.07. The Morgan fingerprint density at radius 3 is 2.45 bits per heavy atom. The van der Waals surface area contributed by atoms with Gasteiger partial charge in [-0.05, 0) is 35.0 Å². The second kappa shape index (κ2) is 5.76. The number of hydrogen-bond acceptors (Lipinski definition) is 5. The van der Waals surface area contributed by atoms with Gasteiger partial charge in [0.2, 0.25) is 11.8 Å². The summed E-state index contributed by atoms with van der Waals surface area (Å²) in [5.41, 5.74) is 0.572. The molecule has 1 heterocycles. The summed E-state index contributed by atoms with van der Waals surface area (Å²) in [4.78, 5) is 8.20. The van der Waals surface area contributed by atoms with Crippen LogP contribution in [0.3, 0.4) is 0 Å². The standard InChI is InChI=1S/C12H12BrN3O3S/c1-8-10(13)11(19-2)15-12(14-8)16-20(17,18)9-6-4-3-5-7-9/h3-7H,1-2H3,(H,14,15,16). The van der Waals surface area contributed by atoms with Crippen LogP contribution in [0.1, 0.15) is 5.69 Å². The van der Waals surface area contributed by atoms with Gasteiger partial charge in [0.25, 0.3) is 10.0 Å². The lowest BCUT2D eigenvalue weighted by Gasteiger charge is -2.10. The van der Waals surface area contributed by atoms with Crippen LogP contribution in [-0.2, 0) is 10.0 Å². The third-order valence-corrected chi connectivity index (χ3v) is 4.72. The van der Waals surface area contributed by atoms with E-state index in [0.29, 0.717) is 10.2 Å². The fraction of sp³-hybridized carbons (Fsp3) is 0.167. The molecule has 0 aliphatic heterocycles. The van der Waals surface area contributed by atoms with Crippen molar-refractivity contribution in [3.63, 3.8) is 0 Å². The molecule has 2 rings (SSSR count). The van der Waals surface area contributed by atoms with Crippen LogP contribution >= 0.6 is 15.9 Å². The van der Waals surface area contributed by atoms with Gasteiger partial charge in [-0.25, -0.2) is 18.1 Å². The molecule has 0 unspecified atom stereocenters. The van der Waals surface area contributed by atoms with Crippen molar-refractivity contribution in [1.82, 2.24) is 9.97 Å². The van der Waals surface area contributed by atoms with Crippen LogP contribution in [0.25, 0.3) is 0 Å². The normalized spacial score (nSPS) is 11.2. The number of aryl methyl sites for hydroxylation is 1. The van der Waals surface area contributed by atoms with Crippen LogP contribution in [0.5, 0.6) is 5.88 Å². The van der Waals surface area contributed by atoms with Gasteiger partial charge in [-0.1, -0.05) is 18.2 Å². The van der Waals surface area contributed by atoms with Crippen molar-refractivity contribution in [2.24, 2.45) is 0 Å². The van der Waals surface area contributed by atoms with Crippen LogP contribution in [0.2, 0.25) is 0 Å². The molecule has 2 aromatic rings. The molecule has 0 aliphatic carbocycles. The largest absolute Gasteiger partial charge is 0.480 e. The maximum Gasteiger partial charge on any atom is 0.264 e. The Hall–Kier alpha value is -1.67. The van der Waals surface area contributed by atoms with E-state index < -0.39 is 10.0 Å². The number of methoxy groups -OCH3 is 1. The van der Waals surface area contributed by atoms with Gasteiger partial charge in [0, 0.05) is 0 Å². The van der Waals surface area contributed by atoms with Crippen LogP contribution in [-0.4, -0.2) is 25.5 Å². The molecular formula is C12H12BrN3O3S. The van der Waals surface area contributed by atoms with E-state index in [1.165, 1.54) is 19.2 Å². The molecular weight excluding hydrogens is 346 g/mol. The number of halogens is 1. The van der Waals surface area contributed by atoms with Crippen molar-refractivity contribution < 1.29 is 13.2 Å². The lowest BCUT2D eigenvalue weighted by atomic mass is 10.4. The molecule has 106 valence electrons. The van der Waals surface area contributed by atoms with Crippen molar-refractivity contribution in [1.29, 1.82) is 0 Å². The average Bonchev–Trinajstić information content (AvgIpc) is 2.43. The molecule has 0 saturated carbocycles. The maximum absolute atomic E-state index is 12.2. The highest BCUT2D eigenvalue weighted by Crippen LogP contribution is 2.26. The molecule has 1 N–H and O–H groups in total. The van der Waals surface area contributed by atoms with Gasteiger partial charge in [-0.3, -0.25) is 0 Å². The fourth-order valence-corrected chi connectivity index (χ4v) is 2.80. The van der Waals surface area contributed by atoms with E-state index >= 15 is 0 Å². The summed E-state index contributed by atoms with van der Waals surface area (Å²) in [5, 5.41) is 0. The van der Waals surface area contributed by atoms with Gasteiger partial charge in [-0.15, -0.1) is 0 Å². The molecule has 0 atom stereocenters. The Morgan fingerprint density at radius 2 is 1.85 bits per heavy atom. The van der Waals surface area contributed by atoms with Gasteiger partial charge in [-0.2, -0.15) is 4.98 Å². The molecule has 0 amide bonds. The summed E-state index contributed by atoms with van der Waals surface area (Å²) in [6.07, 6.45) is 0. The van der Waals surface area contributed by atoms with Crippen molar-refractivity contribution in [2.45, 2.75) is 11.8 Å². The first-order chi connectivity index (χ1) is 9.44. The Morgan fingerprint density at radius 1 is 1.20 bits per heavy atom. The molecule has 0 fully saturated rings. The Balaban J connectivity index is 2.38. The van der Waals surface area contributed by atoms with Crippen LogP contribution in [0, 0.1) is 6.92 Å². The van der Waals surface area contributed by atoms with E-state index in [9.17, 15) is 8.42 Å². The van der Waals surface area contributed by atoms with Gasteiger partial charge in [0.05, 0.1) is 17.7 Å². The monoisotopic (exact) mass is 357 g/mol. The molecule has 6 nitrogen and oxygen atoms in total. The first kappa shape index (κ1) is 14.7. The van der Waals surface area contributed by atoms with E-state index in [1.54, 1.807) is 25.1 Å². The minimum absolute atomic E-state index is 0.0357. The Bertz CT molecular complexity index is 720. The number of nitrogens with one attached hydrogen (secondary N) is 1. The molecule has 0 aliphatic rings. The molecule has 1 aromatic carbocycles. The highest BCUT2D eigenvalue weighted by atomic mass is 79.9. The molecule has 0 radical (unpaired) electrons. The molecule has 20 heavy (non-hydrogen) atoms. The third-order valence-electron chi connectivity index (χ3n) is 2.46. The van der Waals surface area contributed by atoms with E-state index in [-0.39, 0.29) is 16.7 Å². The number of benzene rings is 1. The number of aromatic nitrogens is 2.